The fraction of sp³-hybridized carbons (Fsp3) is 0.364. The van der Waals surface area contributed by atoms with Gasteiger partial charge in [0.2, 0.25) is 15.9 Å². The summed E-state index contributed by atoms with van der Waals surface area (Å²) in [6, 6.07) is 9.53. The second-order valence-electron chi connectivity index (χ2n) is 7.40. The second-order valence-corrected chi connectivity index (χ2v) is 9.11. The van der Waals surface area contributed by atoms with E-state index in [1.165, 1.54) is 12.1 Å². The molecule has 1 aliphatic heterocycles. The number of carbonyl (C=O) groups excluding carboxylic acids is 1. The molecule has 0 bridgehead atoms. The van der Waals surface area contributed by atoms with Crippen LogP contribution in [-0.4, -0.2) is 55.8 Å². The number of ether oxygens (including phenoxy) is 1. The highest BCUT2D eigenvalue weighted by atomic mass is 32.2. The van der Waals surface area contributed by atoms with E-state index < -0.39 is 28.3 Å². The highest BCUT2D eigenvalue weighted by molar-refractivity contribution is 7.89. The molecule has 0 spiro atoms. The first-order valence-corrected chi connectivity index (χ1v) is 11.5. The Balaban J connectivity index is 1.53. The maximum atomic E-state index is 12.6. The summed E-state index contributed by atoms with van der Waals surface area (Å²) in [7, 11) is -3.77. The number of aromatic nitrogens is 1. The van der Waals surface area contributed by atoms with Crippen LogP contribution in [0.25, 0.3) is 0 Å². The highest BCUT2D eigenvalue weighted by Gasteiger charge is 2.31. The molecule has 1 aromatic heterocycles. The standard InChI is InChI=1S/C22H27N3O5S/c1-16-2-5-19(6-3-16)31(28,29)25-20-7-4-18(30-21(20)15-26)14-22(27)24-13-10-17-8-11-23-12-9-17/h2-9,11-12,18,20-21,25-26H,10,13-15H2,1H3,(H,24,27)/t18-,20-,21+/m0/s1. The van der Waals surface area contributed by atoms with Crippen LogP contribution < -0.4 is 10.0 Å². The summed E-state index contributed by atoms with van der Waals surface area (Å²) in [5, 5.41) is 12.5. The number of nitrogens with one attached hydrogen (secondary N) is 2. The molecule has 0 saturated heterocycles. The minimum Gasteiger partial charge on any atom is -0.394 e. The first-order valence-electron chi connectivity index (χ1n) is 10.1. The number of rotatable bonds is 9. The summed E-state index contributed by atoms with van der Waals surface area (Å²) < 4.78 is 33.5. The molecule has 2 heterocycles. The number of aliphatic hydroxyl groups excluding tert-OH is 1. The Kier molecular flexibility index (Phi) is 7.91. The lowest BCUT2D eigenvalue weighted by molar-refractivity contribution is -0.125. The molecule has 31 heavy (non-hydrogen) atoms. The van der Waals surface area contributed by atoms with E-state index in [0.717, 1.165) is 11.1 Å². The van der Waals surface area contributed by atoms with E-state index in [1.54, 1.807) is 36.7 Å². The van der Waals surface area contributed by atoms with Gasteiger partial charge in [-0.1, -0.05) is 29.8 Å². The Labute approximate surface area is 182 Å². The number of carbonyl (C=O) groups is 1. The minimum absolute atomic E-state index is 0.0841. The van der Waals surface area contributed by atoms with Crippen LogP contribution in [0.3, 0.4) is 0 Å². The number of sulfonamides is 1. The Hall–Kier alpha value is -2.59. The van der Waals surface area contributed by atoms with Crippen LogP contribution >= 0.6 is 0 Å². The normalized spacial score (nSPS) is 21.0. The molecular weight excluding hydrogens is 418 g/mol. The predicted molar refractivity (Wildman–Crippen MR) is 116 cm³/mol. The fourth-order valence-electron chi connectivity index (χ4n) is 3.23. The minimum atomic E-state index is -3.77. The number of aliphatic hydroxyl groups is 1. The van der Waals surface area contributed by atoms with Crippen molar-refractivity contribution in [2.24, 2.45) is 0 Å². The van der Waals surface area contributed by atoms with Gasteiger partial charge < -0.3 is 15.2 Å². The van der Waals surface area contributed by atoms with Crippen molar-refractivity contribution in [3.63, 3.8) is 0 Å². The average molecular weight is 446 g/mol. The third kappa shape index (κ3) is 6.70. The number of pyridine rings is 1. The topological polar surface area (TPSA) is 118 Å². The summed E-state index contributed by atoms with van der Waals surface area (Å²) in [5.74, 6) is -0.181. The van der Waals surface area contributed by atoms with Crippen LogP contribution in [-0.2, 0) is 26.0 Å². The van der Waals surface area contributed by atoms with E-state index in [1.807, 2.05) is 19.1 Å². The average Bonchev–Trinajstić information content (AvgIpc) is 2.75. The van der Waals surface area contributed by atoms with Crippen molar-refractivity contribution < 1.29 is 23.1 Å². The Bertz CT molecular complexity index is 994. The van der Waals surface area contributed by atoms with Crippen LogP contribution in [0, 0.1) is 6.92 Å². The Morgan fingerprint density at radius 1 is 1.13 bits per heavy atom. The van der Waals surface area contributed by atoms with Gasteiger partial charge >= 0.3 is 0 Å². The number of aryl methyl sites for hydroxylation is 1. The largest absolute Gasteiger partial charge is 0.394 e. The van der Waals surface area contributed by atoms with Crippen molar-refractivity contribution >= 4 is 15.9 Å². The van der Waals surface area contributed by atoms with Gasteiger partial charge in [0, 0.05) is 18.9 Å². The summed E-state index contributed by atoms with van der Waals surface area (Å²) in [6.07, 6.45) is 6.13. The predicted octanol–water partition coefficient (Wildman–Crippen LogP) is 1.10. The van der Waals surface area contributed by atoms with Crippen molar-refractivity contribution in [1.82, 2.24) is 15.0 Å². The van der Waals surface area contributed by atoms with Crippen molar-refractivity contribution in [3.8, 4) is 0 Å². The Morgan fingerprint density at radius 2 is 1.84 bits per heavy atom. The van der Waals surface area contributed by atoms with Crippen LogP contribution in [0.5, 0.6) is 0 Å². The fourth-order valence-corrected chi connectivity index (χ4v) is 4.44. The molecule has 0 unspecified atom stereocenters. The van der Waals surface area contributed by atoms with E-state index in [2.05, 4.69) is 15.0 Å². The zero-order chi connectivity index (χ0) is 22.3. The van der Waals surface area contributed by atoms with Gasteiger partial charge in [0.15, 0.2) is 0 Å². The number of hydrogen-bond acceptors (Lipinski definition) is 6. The molecular formula is C22H27N3O5S. The van der Waals surface area contributed by atoms with Gasteiger partial charge in [-0.15, -0.1) is 0 Å². The lowest BCUT2D eigenvalue weighted by Gasteiger charge is -2.31. The Morgan fingerprint density at radius 3 is 2.52 bits per heavy atom. The molecule has 2 aromatic rings. The summed E-state index contributed by atoms with van der Waals surface area (Å²) >= 11 is 0. The third-order valence-electron chi connectivity index (χ3n) is 4.96. The number of nitrogens with zero attached hydrogens (tertiary/aromatic N) is 1. The van der Waals surface area contributed by atoms with E-state index in [-0.39, 0.29) is 23.8 Å². The van der Waals surface area contributed by atoms with Crippen LogP contribution in [0.15, 0.2) is 65.8 Å². The zero-order valence-electron chi connectivity index (χ0n) is 17.3. The highest BCUT2D eigenvalue weighted by Crippen LogP contribution is 2.18. The number of benzene rings is 1. The lowest BCUT2D eigenvalue weighted by atomic mass is 10.1. The molecule has 1 aliphatic rings. The first kappa shape index (κ1) is 23.1. The molecule has 3 N–H and O–H groups in total. The second kappa shape index (κ2) is 10.6. The number of hydrogen-bond donors (Lipinski definition) is 3. The molecule has 166 valence electrons. The van der Waals surface area contributed by atoms with Gasteiger partial charge in [0.05, 0.1) is 30.1 Å². The van der Waals surface area contributed by atoms with Gasteiger partial charge in [-0.3, -0.25) is 9.78 Å². The number of amides is 1. The van der Waals surface area contributed by atoms with Crippen LogP contribution in [0.2, 0.25) is 0 Å². The van der Waals surface area contributed by atoms with Crippen molar-refractivity contribution in [3.05, 3.63) is 72.1 Å². The van der Waals surface area contributed by atoms with Gasteiger partial charge in [-0.25, -0.2) is 13.1 Å². The quantitative estimate of drug-likeness (QED) is 0.498. The molecule has 0 fully saturated rings. The molecule has 8 nitrogen and oxygen atoms in total. The first-order chi connectivity index (χ1) is 14.9. The monoisotopic (exact) mass is 445 g/mol. The van der Waals surface area contributed by atoms with Gasteiger partial charge in [0.25, 0.3) is 0 Å². The molecule has 0 radical (unpaired) electrons. The SMILES string of the molecule is Cc1ccc(S(=O)(=O)N[C@H]2C=C[C@@H](CC(=O)NCCc3ccncc3)O[C@@H]2CO)cc1. The lowest BCUT2D eigenvalue weighted by Crippen LogP contribution is -2.49. The maximum Gasteiger partial charge on any atom is 0.241 e. The van der Waals surface area contributed by atoms with E-state index in [4.69, 9.17) is 4.74 Å². The smallest absolute Gasteiger partial charge is 0.241 e. The van der Waals surface area contributed by atoms with Crippen molar-refractivity contribution in [2.75, 3.05) is 13.2 Å². The summed E-state index contributed by atoms with van der Waals surface area (Å²) in [6.45, 7) is 1.98. The third-order valence-corrected chi connectivity index (χ3v) is 6.43. The van der Waals surface area contributed by atoms with Gasteiger partial charge in [0.1, 0.15) is 6.10 Å². The maximum absolute atomic E-state index is 12.6. The van der Waals surface area contributed by atoms with E-state index >= 15 is 0 Å². The molecule has 3 atom stereocenters. The molecule has 3 rings (SSSR count). The van der Waals surface area contributed by atoms with E-state index in [0.29, 0.717) is 13.0 Å². The molecule has 0 saturated carbocycles. The molecule has 1 amide bonds. The van der Waals surface area contributed by atoms with Crippen LogP contribution in [0.4, 0.5) is 0 Å². The summed E-state index contributed by atoms with van der Waals surface area (Å²) in [4.78, 5) is 16.3. The van der Waals surface area contributed by atoms with Gasteiger partial charge in [-0.2, -0.15) is 0 Å². The van der Waals surface area contributed by atoms with Crippen molar-refractivity contribution in [2.45, 2.75) is 42.9 Å². The van der Waals surface area contributed by atoms with Crippen LogP contribution in [0.1, 0.15) is 17.5 Å². The zero-order valence-corrected chi connectivity index (χ0v) is 18.1. The van der Waals surface area contributed by atoms with Gasteiger partial charge in [-0.05, 0) is 43.2 Å². The molecule has 9 heteroatoms. The molecule has 0 aliphatic carbocycles. The van der Waals surface area contributed by atoms with E-state index in [9.17, 15) is 18.3 Å². The van der Waals surface area contributed by atoms with Crippen molar-refractivity contribution in [1.29, 1.82) is 0 Å². The summed E-state index contributed by atoms with van der Waals surface area (Å²) in [5.41, 5.74) is 2.03. The molecule has 1 aromatic carbocycles.